The lowest BCUT2D eigenvalue weighted by Crippen LogP contribution is -2.36. The fraction of sp³-hybridized carbons (Fsp3) is 0.938. The van der Waals surface area contributed by atoms with Crippen LogP contribution in [0.5, 0.6) is 0 Å². The number of amides is 1. The summed E-state index contributed by atoms with van der Waals surface area (Å²) in [5.74, 6) is 1.67. The predicted octanol–water partition coefficient (Wildman–Crippen LogP) is 3.08. The molecular formula is C16H32N2O. The van der Waals surface area contributed by atoms with Crippen molar-refractivity contribution in [1.29, 1.82) is 0 Å². The number of rotatable bonds is 5. The smallest absolute Gasteiger partial charge is 0.221 e. The van der Waals surface area contributed by atoms with E-state index in [1.165, 1.54) is 25.7 Å². The van der Waals surface area contributed by atoms with E-state index in [1.807, 2.05) is 0 Å². The van der Waals surface area contributed by atoms with Crippen LogP contribution in [-0.4, -0.2) is 18.5 Å². The summed E-state index contributed by atoms with van der Waals surface area (Å²) in [4.78, 5) is 11.9. The van der Waals surface area contributed by atoms with E-state index in [1.54, 1.807) is 0 Å². The van der Waals surface area contributed by atoms with Crippen molar-refractivity contribution in [2.45, 2.75) is 72.3 Å². The molecule has 0 aromatic heterocycles. The molecule has 112 valence electrons. The van der Waals surface area contributed by atoms with Crippen molar-refractivity contribution in [3.63, 3.8) is 0 Å². The molecule has 0 radical (unpaired) electrons. The van der Waals surface area contributed by atoms with Crippen LogP contribution in [0.1, 0.15) is 66.2 Å². The summed E-state index contributed by atoms with van der Waals surface area (Å²) in [5.41, 5.74) is 6.22. The van der Waals surface area contributed by atoms with Gasteiger partial charge in [-0.25, -0.2) is 0 Å². The zero-order valence-electron chi connectivity index (χ0n) is 13.2. The second-order valence-electron chi connectivity index (χ2n) is 7.66. The largest absolute Gasteiger partial charge is 0.356 e. The number of nitrogens with one attached hydrogen (secondary N) is 1. The molecule has 3 nitrogen and oxygen atoms in total. The molecular weight excluding hydrogens is 236 g/mol. The van der Waals surface area contributed by atoms with E-state index in [0.29, 0.717) is 12.3 Å². The first kappa shape index (κ1) is 16.5. The molecule has 3 heteroatoms. The van der Waals surface area contributed by atoms with Crippen molar-refractivity contribution in [3.05, 3.63) is 0 Å². The summed E-state index contributed by atoms with van der Waals surface area (Å²) in [6.07, 6.45) is 6.49. The maximum Gasteiger partial charge on any atom is 0.221 e. The number of hydrogen-bond acceptors (Lipinski definition) is 2. The topological polar surface area (TPSA) is 55.1 Å². The molecule has 1 aliphatic carbocycles. The van der Waals surface area contributed by atoms with Crippen LogP contribution in [0.2, 0.25) is 0 Å². The van der Waals surface area contributed by atoms with Gasteiger partial charge in [0.2, 0.25) is 5.91 Å². The van der Waals surface area contributed by atoms with Crippen molar-refractivity contribution in [1.82, 2.24) is 5.32 Å². The van der Waals surface area contributed by atoms with Crippen LogP contribution in [0, 0.1) is 17.3 Å². The molecule has 1 aliphatic rings. The Bertz CT molecular complexity index is 275. The molecule has 1 unspecified atom stereocenters. The third kappa shape index (κ3) is 7.56. The van der Waals surface area contributed by atoms with Crippen molar-refractivity contribution in [2.24, 2.45) is 23.0 Å². The van der Waals surface area contributed by atoms with Gasteiger partial charge in [0, 0.05) is 19.0 Å². The summed E-state index contributed by atoms with van der Waals surface area (Å²) in [6, 6.07) is -0.0219. The normalized spacial score (nSPS) is 25.9. The molecule has 1 atom stereocenters. The minimum Gasteiger partial charge on any atom is -0.356 e. The summed E-state index contributed by atoms with van der Waals surface area (Å²) >= 11 is 0. The third-order valence-electron chi connectivity index (χ3n) is 4.05. The minimum atomic E-state index is -0.0219. The van der Waals surface area contributed by atoms with Gasteiger partial charge in [-0.1, -0.05) is 40.5 Å². The quantitative estimate of drug-likeness (QED) is 0.805. The molecule has 1 amide bonds. The lowest BCUT2D eigenvalue weighted by Gasteiger charge is -2.27. The van der Waals surface area contributed by atoms with E-state index in [4.69, 9.17) is 5.73 Å². The highest BCUT2D eigenvalue weighted by molar-refractivity contribution is 5.76. The van der Waals surface area contributed by atoms with E-state index in [9.17, 15) is 4.79 Å². The molecule has 1 rings (SSSR count). The van der Waals surface area contributed by atoms with Crippen LogP contribution in [0.4, 0.5) is 0 Å². The van der Waals surface area contributed by atoms with E-state index in [0.717, 1.165) is 18.9 Å². The van der Waals surface area contributed by atoms with Crippen LogP contribution in [0.3, 0.4) is 0 Å². The summed E-state index contributed by atoms with van der Waals surface area (Å²) in [7, 11) is 0. The molecule has 1 fully saturated rings. The first-order valence-electron chi connectivity index (χ1n) is 7.78. The zero-order chi connectivity index (χ0) is 14.5. The van der Waals surface area contributed by atoms with Crippen LogP contribution in [0.25, 0.3) is 0 Å². The Kier molecular flexibility index (Phi) is 6.31. The molecule has 0 spiro atoms. The highest BCUT2D eigenvalue weighted by Crippen LogP contribution is 2.27. The van der Waals surface area contributed by atoms with Crippen molar-refractivity contribution in [3.8, 4) is 0 Å². The van der Waals surface area contributed by atoms with E-state index >= 15 is 0 Å². The molecule has 3 N–H and O–H groups in total. The standard InChI is InChI=1S/C16H32N2O/c1-12-5-7-13(8-6-12)11-18-15(19)9-14(17)10-16(2,3)4/h12-14H,5-11,17H2,1-4H3,(H,18,19). The van der Waals surface area contributed by atoms with E-state index < -0.39 is 0 Å². The van der Waals surface area contributed by atoms with Gasteiger partial charge in [-0.3, -0.25) is 4.79 Å². The van der Waals surface area contributed by atoms with Crippen molar-refractivity contribution < 1.29 is 4.79 Å². The maximum absolute atomic E-state index is 11.9. The summed E-state index contributed by atoms with van der Waals surface area (Å²) < 4.78 is 0. The molecule has 0 heterocycles. The van der Waals surface area contributed by atoms with E-state index in [2.05, 4.69) is 33.0 Å². The van der Waals surface area contributed by atoms with Crippen molar-refractivity contribution in [2.75, 3.05) is 6.54 Å². The molecule has 0 aromatic rings. The third-order valence-corrected chi connectivity index (χ3v) is 4.05. The SMILES string of the molecule is CC1CCC(CNC(=O)CC(N)CC(C)(C)C)CC1. The Morgan fingerprint density at radius 3 is 2.37 bits per heavy atom. The first-order valence-corrected chi connectivity index (χ1v) is 7.78. The molecule has 0 bridgehead atoms. The van der Waals surface area contributed by atoms with Gasteiger partial charge in [-0.15, -0.1) is 0 Å². The number of carbonyl (C=O) groups is 1. The molecule has 0 aromatic carbocycles. The van der Waals surface area contributed by atoms with Crippen LogP contribution < -0.4 is 11.1 Å². The summed E-state index contributed by atoms with van der Waals surface area (Å²) in [5, 5.41) is 3.06. The Hall–Kier alpha value is -0.570. The highest BCUT2D eigenvalue weighted by atomic mass is 16.1. The number of carbonyl (C=O) groups excluding carboxylic acids is 1. The average Bonchev–Trinajstić information content (AvgIpc) is 2.25. The van der Waals surface area contributed by atoms with Gasteiger partial charge >= 0.3 is 0 Å². The second kappa shape index (κ2) is 7.28. The molecule has 0 aliphatic heterocycles. The summed E-state index contributed by atoms with van der Waals surface area (Å²) in [6.45, 7) is 9.64. The predicted molar refractivity (Wildman–Crippen MR) is 80.8 cm³/mol. The van der Waals surface area contributed by atoms with Crippen LogP contribution in [0.15, 0.2) is 0 Å². The van der Waals surface area contributed by atoms with Crippen LogP contribution >= 0.6 is 0 Å². The van der Waals surface area contributed by atoms with Crippen molar-refractivity contribution >= 4 is 5.91 Å². The lowest BCUT2D eigenvalue weighted by molar-refractivity contribution is -0.121. The van der Waals surface area contributed by atoms with Gasteiger partial charge in [-0.05, 0) is 36.5 Å². The Morgan fingerprint density at radius 2 is 1.84 bits per heavy atom. The van der Waals surface area contributed by atoms with Gasteiger partial charge in [0.05, 0.1) is 0 Å². The van der Waals surface area contributed by atoms with Crippen LogP contribution in [-0.2, 0) is 4.79 Å². The fourth-order valence-corrected chi connectivity index (χ4v) is 2.96. The monoisotopic (exact) mass is 268 g/mol. The average molecular weight is 268 g/mol. The maximum atomic E-state index is 11.9. The van der Waals surface area contributed by atoms with Gasteiger partial charge in [0.25, 0.3) is 0 Å². The minimum absolute atomic E-state index is 0.0219. The molecule has 1 saturated carbocycles. The lowest BCUT2D eigenvalue weighted by atomic mass is 9.83. The number of nitrogens with two attached hydrogens (primary N) is 1. The molecule has 19 heavy (non-hydrogen) atoms. The second-order valence-corrected chi connectivity index (χ2v) is 7.66. The molecule has 0 saturated heterocycles. The van der Waals surface area contributed by atoms with E-state index in [-0.39, 0.29) is 17.4 Å². The Morgan fingerprint density at radius 1 is 1.26 bits per heavy atom. The Balaban J connectivity index is 2.17. The highest BCUT2D eigenvalue weighted by Gasteiger charge is 2.20. The van der Waals surface area contributed by atoms with Gasteiger partial charge in [0.1, 0.15) is 0 Å². The number of hydrogen-bond donors (Lipinski definition) is 2. The fourth-order valence-electron chi connectivity index (χ4n) is 2.96. The zero-order valence-corrected chi connectivity index (χ0v) is 13.2. The Labute approximate surface area is 118 Å². The van der Waals surface area contributed by atoms with Gasteiger partial charge in [-0.2, -0.15) is 0 Å². The first-order chi connectivity index (χ1) is 8.76. The van der Waals surface area contributed by atoms with Gasteiger partial charge in [0.15, 0.2) is 0 Å². The van der Waals surface area contributed by atoms with Gasteiger partial charge < -0.3 is 11.1 Å².